The van der Waals surface area contributed by atoms with Crippen LogP contribution in [0.15, 0.2) is 0 Å². The first-order chi connectivity index (χ1) is 9.06. The molecule has 0 radical (unpaired) electrons. The quantitative estimate of drug-likeness (QED) is 0.524. The van der Waals surface area contributed by atoms with Crippen LogP contribution in [0.3, 0.4) is 0 Å². The molecule has 0 unspecified atom stereocenters. The molecule has 114 valence electrons. The van der Waals surface area contributed by atoms with E-state index in [4.69, 9.17) is 5.11 Å². The van der Waals surface area contributed by atoms with Crippen LogP contribution >= 0.6 is 0 Å². The van der Waals surface area contributed by atoms with Gasteiger partial charge in [-0.25, -0.2) is 0 Å². The maximum absolute atomic E-state index is 10.7. The van der Waals surface area contributed by atoms with Crippen LogP contribution in [0.5, 0.6) is 0 Å². The number of rotatable bonds is 13. The van der Waals surface area contributed by atoms with E-state index < -0.39 is 5.97 Å². The van der Waals surface area contributed by atoms with E-state index in [0.29, 0.717) is 6.54 Å². The maximum atomic E-state index is 10.7. The fourth-order valence-electron chi connectivity index (χ4n) is 2.14. The van der Waals surface area contributed by atoms with Gasteiger partial charge < -0.3 is 14.9 Å². The average Bonchev–Trinajstić information content (AvgIpc) is 2.34. The highest BCUT2D eigenvalue weighted by Gasteiger charge is 2.07. The summed E-state index contributed by atoms with van der Waals surface area (Å²) in [6, 6.07) is 0. The smallest absolute Gasteiger partial charge is 0.304 e. The van der Waals surface area contributed by atoms with Crippen molar-refractivity contribution in [2.75, 3.05) is 40.3 Å². The topological polar surface area (TPSA) is 43.8 Å². The molecule has 0 aliphatic carbocycles. The summed E-state index contributed by atoms with van der Waals surface area (Å²) in [5.74, 6) is -0.691. The lowest BCUT2D eigenvalue weighted by atomic mass is 10.1. The third kappa shape index (κ3) is 13.6. The van der Waals surface area contributed by atoms with Crippen molar-refractivity contribution in [1.29, 1.82) is 0 Å². The zero-order valence-corrected chi connectivity index (χ0v) is 13.0. The van der Waals surface area contributed by atoms with E-state index in [9.17, 15) is 4.79 Å². The van der Waals surface area contributed by atoms with Gasteiger partial charge in [-0.1, -0.05) is 32.6 Å². The fourth-order valence-corrected chi connectivity index (χ4v) is 2.14. The highest BCUT2D eigenvalue weighted by molar-refractivity contribution is 5.66. The minimum atomic E-state index is -0.691. The van der Waals surface area contributed by atoms with Crippen LogP contribution in [-0.2, 0) is 4.79 Å². The zero-order valence-electron chi connectivity index (χ0n) is 13.0. The number of unbranched alkanes of at least 4 members (excludes halogenated alkanes) is 4. The van der Waals surface area contributed by atoms with E-state index in [2.05, 4.69) is 30.8 Å². The van der Waals surface area contributed by atoms with Crippen LogP contribution < -0.4 is 0 Å². The molecule has 0 heterocycles. The summed E-state index contributed by atoms with van der Waals surface area (Å²) in [5.41, 5.74) is 0. The molecule has 0 saturated heterocycles. The Hall–Kier alpha value is -0.610. The van der Waals surface area contributed by atoms with Crippen molar-refractivity contribution >= 4 is 5.97 Å². The largest absolute Gasteiger partial charge is 0.481 e. The summed E-state index contributed by atoms with van der Waals surface area (Å²) >= 11 is 0. The number of hydrogen-bond acceptors (Lipinski definition) is 3. The SMILES string of the molecule is CCCCCCCN(CCCN(C)C)CCC(=O)O. The van der Waals surface area contributed by atoms with E-state index in [0.717, 1.165) is 26.1 Å². The molecule has 0 saturated carbocycles. The van der Waals surface area contributed by atoms with E-state index in [1.807, 2.05) is 0 Å². The lowest BCUT2D eigenvalue weighted by molar-refractivity contribution is -0.137. The third-order valence-corrected chi connectivity index (χ3v) is 3.30. The Balaban J connectivity index is 3.79. The van der Waals surface area contributed by atoms with Crippen molar-refractivity contribution in [3.05, 3.63) is 0 Å². The molecular weight excluding hydrogens is 240 g/mol. The minimum Gasteiger partial charge on any atom is -0.481 e. The molecule has 4 nitrogen and oxygen atoms in total. The Kier molecular flexibility index (Phi) is 12.0. The molecule has 4 heteroatoms. The van der Waals surface area contributed by atoms with Crippen molar-refractivity contribution in [2.24, 2.45) is 0 Å². The van der Waals surface area contributed by atoms with Crippen molar-refractivity contribution in [3.63, 3.8) is 0 Å². The second kappa shape index (κ2) is 12.4. The molecule has 0 aromatic carbocycles. The molecule has 0 amide bonds. The van der Waals surface area contributed by atoms with E-state index >= 15 is 0 Å². The Morgan fingerprint density at radius 1 is 0.895 bits per heavy atom. The molecule has 0 bridgehead atoms. The highest BCUT2D eigenvalue weighted by atomic mass is 16.4. The number of carboxylic acids is 1. The lowest BCUT2D eigenvalue weighted by Crippen LogP contribution is -2.30. The summed E-state index contributed by atoms with van der Waals surface area (Å²) < 4.78 is 0. The van der Waals surface area contributed by atoms with Gasteiger partial charge in [-0.15, -0.1) is 0 Å². The van der Waals surface area contributed by atoms with Crippen molar-refractivity contribution < 1.29 is 9.90 Å². The normalized spacial score (nSPS) is 11.4. The fraction of sp³-hybridized carbons (Fsp3) is 0.933. The standard InChI is InChI=1S/C15H32N2O2/c1-4-5-6-7-8-12-17(14-10-15(18)19)13-9-11-16(2)3/h4-14H2,1-3H3,(H,18,19). The molecule has 0 aliphatic rings. The average molecular weight is 272 g/mol. The van der Waals surface area contributed by atoms with Crippen LogP contribution in [0.4, 0.5) is 0 Å². The highest BCUT2D eigenvalue weighted by Crippen LogP contribution is 2.05. The van der Waals surface area contributed by atoms with Gasteiger partial charge in [0.1, 0.15) is 0 Å². The molecule has 0 atom stereocenters. The molecule has 0 rings (SSSR count). The van der Waals surface area contributed by atoms with Crippen LogP contribution in [0.1, 0.15) is 51.9 Å². The zero-order chi connectivity index (χ0) is 14.5. The molecule has 0 aromatic rings. The van der Waals surface area contributed by atoms with Crippen molar-refractivity contribution in [1.82, 2.24) is 9.80 Å². The van der Waals surface area contributed by atoms with Crippen LogP contribution in [0.25, 0.3) is 0 Å². The Morgan fingerprint density at radius 2 is 1.53 bits per heavy atom. The summed E-state index contributed by atoms with van der Waals surface area (Å²) in [6.45, 7) is 6.04. The van der Waals surface area contributed by atoms with Gasteiger partial charge in [-0.3, -0.25) is 4.79 Å². The van der Waals surface area contributed by atoms with E-state index in [1.54, 1.807) is 0 Å². The van der Waals surface area contributed by atoms with Crippen molar-refractivity contribution in [3.8, 4) is 0 Å². The number of nitrogens with zero attached hydrogens (tertiary/aromatic N) is 2. The van der Waals surface area contributed by atoms with Gasteiger partial charge in [-0.05, 0) is 46.6 Å². The Bertz CT molecular complexity index is 220. The van der Waals surface area contributed by atoms with Crippen LogP contribution in [0.2, 0.25) is 0 Å². The molecule has 0 aliphatic heterocycles. The molecule has 1 N–H and O–H groups in total. The van der Waals surface area contributed by atoms with Gasteiger partial charge >= 0.3 is 5.97 Å². The Morgan fingerprint density at radius 3 is 2.11 bits per heavy atom. The molecule has 0 aromatic heterocycles. The number of carbonyl (C=O) groups is 1. The monoisotopic (exact) mass is 272 g/mol. The van der Waals surface area contributed by atoms with E-state index in [-0.39, 0.29) is 6.42 Å². The van der Waals surface area contributed by atoms with Crippen LogP contribution in [-0.4, -0.2) is 61.2 Å². The second-order valence-corrected chi connectivity index (χ2v) is 5.56. The predicted molar refractivity (Wildman–Crippen MR) is 80.6 cm³/mol. The maximum Gasteiger partial charge on any atom is 0.304 e. The summed E-state index contributed by atoms with van der Waals surface area (Å²) in [6.07, 6.45) is 7.73. The number of aliphatic carboxylic acids is 1. The van der Waals surface area contributed by atoms with E-state index in [1.165, 1.54) is 32.1 Å². The first-order valence-electron chi connectivity index (χ1n) is 7.65. The van der Waals surface area contributed by atoms with Gasteiger partial charge in [0, 0.05) is 6.54 Å². The molecule has 19 heavy (non-hydrogen) atoms. The van der Waals surface area contributed by atoms with Gasteiger partial charge in [0.2, 0.25) is 0 Å². The molecule has 0 fully saturated rings. The molecular formula is C15H32N2O2. The lowest BCUT2D eigenvalue weighted by Gasteiger charge is -2.22. The summed E-state index contributed by atoms with van der Waals surface area (Å²) in [7, 11) is 4.15. The Labute approximate surface area is 118 Å². The second-order valence-electron chi connectivity index (χ2n) is 5.56. The minimum absolute atomic E-state index is 0.261. The summed E-state index contributed by atoms with van der Waals surface area (Å²) in [5, 5.41) is 8.78. The van der Waals surface area contributed by atoms with Gasteiger partial charge in [-0.2, -0.15) is 0 Å². The third-order valence-electron chi connectivity index (χ3n) is 3.30. The van der Waals surface area contributed by atoms with Crippen LogP contribution in [0, 0.1) is 0 Å². The van der Waals surface area contributed by atoms with Gasteiger partial charge in [0.05, 0.1) is 6.42 Å². The number of hydrogen-bond donors (Lipinski definition) is 1. The van der Waals surface area contributed by atoms with Gasteiger partial charge in [0.25, 0.3) is 0 Å². The number of carboxylic acid groups (broad SMARTS) is 1. The predicted octanol–water partition coefficient (Wildman–Crippen LogP) is 2.69. The van der Waals surface area contributed by atoms with Gasteiger partial charge in [0.15, 0.2) is 0 Å². The first-order valence-corrected chi connectivity index (χ1v) is 7.65. The molecule has 0 spiro atoms. The first kappa shape index (κ1) is 18.4. The summed E-state index contributed by atoms with van der Waals surface area (Å²) in [4.78, 5) is 15.2. The van der Waals surface area contributed by atoms with Crippen molar-refractivity contribution in [2.45, 2.75) is 51.9 Å².